The van der Waals surface area contributed by atoms with Gasteiger partial charge in [-0.3, -0.25) is 10.2 Å². The van der Waals surface area contributed by atoms with Crippen LogP contribution in [0.4, 0.5) is 5.69 Å². The fraction of sp³-hybridized carbons (Fsp3) is 0.333. The summed E-state index contributed by atoms with van der Waals surface area (Å²) in [6, 6.07) is 21.9. The SMILES string of the molecule is COc1cccc([C@@H]2OC(c3ccc(OCCCO)cc3)=N[C@]2(Cc2ccccc2N=[N+]=[N-])C(=O)NNC2CC2)c1. The first-order chi connectivity index (χ1) is 20.1. The minimum absolute atomic E-state index is 0.0525. The first kappa shape index (κ1) is 28.0. The number of hydrogen-bond donors (Lipinski definition) is 3. The zero-order chi connectivity index (χ0) is 28.7. The number of azide groups is 1. The van der Waals surface area contributed by atoms with Crippen LogP contribution in [0.1, 0.15) is 42.1 Å². The molecule has 11 nitrogen and oxygen atoms in total. The van der Waals surface area contributed by atoms with Gasteiger partial charge in [0.2, 0.25) is 5.90 Å². The quantitative estimate of drug-likeness (QED) is 0.0915. The molecule has 3 aromatic carbocycles. The molecule has 11 heteroatoms. The number of nitrogens with one attached hydrogen (secondary N) is 2. The van der Waals surface area contributed by atoms with E-state index in [-0.39, 0.29) is 25.0 Å². The lowest BCUT2D eigenvalue weighted by molar-refractivity contribution is -0.130. The molecule has 5 rings (SSSR count). The second kappa shape index (κ2) is 12.7. The predicted octanol–water partition coefficient (Wildman–Crippen LogP) is 4.68. The Kier molecular flexibility index (Phi) is 8.69. The Morgan fingerprint density at radius 2 is 1.95 bits per heavy atom. The molecule has 1 aliphatic heterocycles. The number of hydrogen-bond acceptors (Lipinski definition) is 8. The molecule has 1 amide bonds. The minimum Gasteiger partial charge on any atom is -0.497 e. The summed E-state index contributed by atoms with van der Waals surface area (Å²) in [5, 5.41) is 12.9. The second-order valence-corrected chi connectivity index (χ2v) is 9.93. The van der Waals surface area contributed by atoms with Crippen molar-refractivity contribution >= 4 is 17.5 Å². The summed E-state index contributed by atoms with van der Waals surface area (Å²) in [6.45, 7) is 0.448. The molecule has 0 spiro atoms. The normalized spacial score (nSPS) is 19.5. The van der Waals surface area contributed by atoms with E-state index in [0.29, 0.717) is 52.8 Å². The molecule has 0 saturated heterocycles. The summed E-state index contributed by atoms with van der Waals surface area (Å²) in [6.07, 6.45) is 1.76. The number of hydrazine groups is 1. The molecule has 2 atom stereocenters. The molecule has 3 N–H and O–H groups in total. The summed E-state index contributed by atoms with van der Waals surface area (Å²) in [5.41, 5.74) is 16.1. The van der Waals surface area contributed by atoms with Crippen molar-refractivity contribution in [3.63, 3.8) is 0 Å². The van der Waals surface area contributed by atoms with Crippen LogP contribution in [0, 0.1) is 0 Å². The second-order valence-electron chi connectivity index (χ2n) is 9.93. The molecule has 1 heterocycles. The van der Waals surface area contributed by atoms with Gasteiger partial charge in [-0.15, -0.1) is 0 Å². The van der Waals surface area contributed by atoms with Gasteiger partial charge in [0.1, 0.15) is 11.5 Å². The number of carbonyl (C=O) groups is 1. The monoisotopic (exact) mass is 556 g/mol. The van der Waals surface area contributed by atoms with Crippen molar-refractivity contribution in [2.24, 2.45) is 10.1 Å². The maximum absolute atomic E-state index is 14.2. The van der Waals surface area contributed by atoms with Gasteiger partial charge in [-0.25, -0.2) is 10.4 Å². The fourth-order valence-electron chi connectivity index (χ4n) is 4.69. The van der Waals surface area contributed by atoms with Crippen LogP contribution < -0.4 is 20.3 Å². The average molecular weight is 557 g/mol. The van der Waals surface area contributed by atoms with Crippen molar-refractivity contribution < 1.29 is 24.1 Å². The lowest BCUT2D eigenvalue weighted by Gasteiger charge is -2.31. The lowest BCUT2D eigenvalue weighted by Crippen LogP contribution is -2.54. The van der Waals surface area contributed by atoms with Gasteiger partial charge in [-0.2, -0.15) is 0 Å². The summed E-state index contributed by atoms with van der Waals surface area (Å²) in [5.74, 6) is 1.18. The van der Waals surface area contributed by atoms with E-state index >= 15 is 0 Å². The van der Waals surface area contributed by atoms with Crippen molar-refractivity contribution in [2.75, 3.05) is 20.3 Å². The number of aliphatic hydroxyl groups excluding tert-OH is 1. The van der Waals surface area contributed by atoms with E-state index in [2.05, 4.69) is 20.9 Å². The Bertz CT molecular complexity index is 1450. The summed E-state index contributed by atoms with van der Waals surface area (Å²) in [4.78, 5) is 22.1. The number of ether oxygens (including phenoxy) is 3. The number of carbonyl (C=O) groups excluding carboxylic acids is 1. The number of nitrogens with zero attached hydrogens (tertiary/aromatic N) is 4. The van der Waals surface area contributed by atoms with E-state index < -0.39 is 11.6 Å². The molecule has 1 fully saturated rings. The molecule has 0 radical (unpaired) electrons. The van der Waals surface area contributed by atoms with Crippen LogP contribution in [-0.4, -0.2) is 48.8 Å². The highest BCUT2D eigenvalue weighted by atomic mass is 16.5. The molecule has 1 aliphatic carbocycles. The number of methoxy groups -OCH3 is 1. The van der Waals surface area contributed by atoms with Crippen molar-refractivity contribution in [3.05, 3.63) is 99.9 Å². The highest BCUT2D eigenvalue weighted by molar-refractivity contribution is 6.01. The maximum Gasteiger partial charge on any atom is 0.266 e. The highest BCUT2D eigenvalue weighted by Gasteiger charge is 2.54. The van der Waals surface area contributed by atoms with Gasteiger partial charge >= 0.3 is 0 Å². The van der Waals surface area contributed by atoms with E-state index in [0.717, 1.165) is 12.8 Å². The van der Waals surface area contributed by atoms with Crippen molar-refractivity contribution in [1.29, 1.82) is 0 Å². The molecule has 0 bridgehead atoms. The van der Waals surface area contributed by atoms with E-state index in [9.17, 15) is 10.3 Å². The Morgan fingerprint density at radius 1 is 1.15 bits per heavy atom. The van der Waals surface area contributed by atoms with Gasteiger partial charge in [0.25, 0.3) is 5.91 Å². The van der Waals surface area contributed by atoms with E-state index in [4.69, 9.17) is 24.3 Å². The van der Waals surface area contributed by atoms with Crippen LogP contribution in [0.3, 0.4) is 0 Å². The third kappa shape index (κ3) is 6.44. The topological polar surface area (TPSA) is 150 Å². The Balaban J connectivity index is 1.59. The molecule has 212 valence electrons. The molecule has 1 saturated carbocycles. The molecule has 2 aliphatic rings. The van der Waals surface area contributed by atoms with Crippen LogP contribution in [-0.2, 0) is 16.0 Å². The van der Waals surface area contributed by atoms with Gasteiger partial charge in [-0.05, 0) is 65.9 Å². The van der Waals surface area contributed by atoms with Gasteiger partial charge in [0.05, 0.1) is 13.7 Å². The third-order valence-corrected chi connectivity index (χ3v) is 7.00. The van der Waals surface area contributed by atoms with E-state index in [1.165, 1.54) is 0 Å². The van der Waals surface area contributed by atoms with Crippen LogP contribution in [0.2, 0.25) is 0 Å². The van der Waals surface area contributed by atoms with Crippen molar-refractivity contribution in [3.8, 4) is 11.5 Å². The van der Waals surface area contributed by atoms with E-state index in [1.807, 2.05) is 48.5 Å². The van der Waals surface area contributed by atoms with Crippen molar-refractivity contribution in [1.82, 2.24) is 10.9 Å². The number of amides is 1. The van der Waals surface area contributed by atoms with Gasteiger partial charge in [0.15, 0.2) is 11.6 Å². The zero-order valence-electron chi connectivity index (χ0n) is 22.7. The summed E-state index contributed by atoms with van der Waals surface area (Å²) >= 11 is 0. The number of benzene rings is 3. The van der Waals surface area contributed by atoms with Gasteiger partial charge in [-0.1, -0.05) is 41.5 Å². The molecule has 41 heavy (non-hydrogen) atoms. The number of rotatable bonds is 13. The first-order valence-electron chi connectivity index (χ1n) is 13.5. The van der Waals surface area contributed by atoms with Crippen molar-refractivity contribution in [2.45, 2.75) is 43.4 Å². The fourth-order valence-corrected chi connectivity index (χ4v) is 4.69. The zero-order valence-corrected chi connectivity index (χ0v) is 22.7. The summed E-state index contributed by atoms with van der Waals surface area (Å²) in [7, 11) is 1.58. The van der Waals surface area contributed by atoms with Crippen LogP contribution in [0.5, 0.6) is 11.5 Å². The molecular formula is C30H32N6O5. The Labute approximate surface area is 237 Å². The van der Waals surface area contributed by atoms with Gasteiger partial charge in [0, 0.05) is 41.7 Å². The Hall–Kier alpha value is -4.57. The average Bonchev–Trinajstić information content (AvgIpc) is 3.76. The molecular weight excluding hydrogens is 524 g/mol. The Morgan fingerprint density at radius 3 is 2.68 bits per heavy atom. The van der Waals surface area contributed by atoms with Crippen LogP contribution in [0.15, 0.2) is 82.9 Å². The van der Waals surface area contributed by atoms with Gasteiger partial charge < -0.3 is 19.3 Å². The van der Waals surface area contributed by atoms with E-state index in [1.54, 1.807) is 31.4 Å². The third-order valence-electron chi connectivity index (χ3n) is 7.00. The summed E-state index contributed by atoms with van der Waals surface area (Å²) < 4.78 is 17.7. The first-order valence-corrected chi connectivity index (χ1v) is 13.5. The minimum atomic E-state index is -1.46. The smallest absolute Gasteiger partial charge is 0.266 e. The molecule has 0 aromatic heterocycles. The largest absolute Gasteiger partial charge is 0.497 e. The predicted molar refractivity (Wildman–Crippen MR) is 153 cm³/mol. The van der Waals surface area contributed by atoms with Crippen LogP contribution in [0.25, 0.3) is 10.4 Å². The molecule has 0 unspecified atom stereocenters. The standard InChI is InChI=1S/C30H32N6O5/c1-39-25-8-4-7-21(18-25)27-30(29(38)35-33-23-12-13-23,19-22-6-2-3-9-26(22)34-36-31)32-28(41-27)20-10-14-24(15-11-20)40-17-5-16-37/h2-4,6-11,14-15,18,23,27,33,37H,5,12-13,16-17,19H2,1H3,(H,35,38)/t27-,30-/m0/s1. The number of aliphatic imine (C=N–C) groups is 1. The maximum atomic E-state index is 14.2. The highest BCUT2D eigenvalue weighted by Crippen LogP contribution is 2.44. The molecule has 3 aromatic rings. The lowest BCUT2D eigenvalue weighted by atomic mass is 9.81. The number of aliphatic hydroxyl groups is 1. The van der Waals surface area contributed by atoms with Crippen LogP contribution >= 0.6 is 0 Å².